The fourth-order valence-electron chi connectivity index (χ4n) is 9.83. The Morgan fingerprint density at radius 2 is 1.42 bits per heavy atom. The Bertz CT molecular complexity index is 3120. The summed E-state index contributed by atoms with van der Waals surface area (Å²) in [6.45, 7) is 6.70. The average molecular weight is 1230 g/mol. The Morgan fingerprint density at radius 3 is 2.11 bits per heavy atom. The summed E-state index contributed by atoms with van der Waals surface area (Å²) in [4.78, 5) is 126. The van der Waals surface area contributed by atoms with Crippen LogP contribution in [0.25, 0.3) is 11.0 Å². The van der Waals surface area contributed by atoms with Crippen molar-refractivity contribution >= 4 is 99.7 Å². The van der Waals surface area contributed by atoms with E-state index in [1.54, 1.807) is 30.3 Å². The number of nitro groups is 1. The van der Waals surface area contributed by atoms with Crippen LogP contribution in [-0.2, 0) is 87.6 Å². The van der Waals surface area contributed by atoms with Crippen molar-refractivity contribution in [1.82, 2.24) is 36.5 Å². The molecule has 2 bridgehead atoms. The van der Waals surface area contributed by atoms with Crippen LogP contribution in [0.15, 0.2) is 57.1 Å². The van der Waals surface area contributed by atoms with Gasteiger partial charge in [0.05, 0.1) is 37.4 Å². The summed E-state index contributed by atoms with van der Waals surface area (Å²) in [5.74, 6) is -6.51. The number of non-ortho nitro benzene ring substituents is 1. The molecule has 85 heavy (non-hydrogen) atoms. The molecule has 2 aromatic carbocycles. The molecule has 3 aliphatic rings. The van der Waals surface area contributed by atoms with Crippen molar-refractivity contribution < 1.29 is 95.3 Å². The molecular formula is C53H63N9O21S2. The van der Waals surface area contributed by atoms with Gasteiger partial charge in [-0.15, -0.1) is 33.7 Å². The number of nitrogens with zero attached hydrogens (tertiary/aromatic N) is 5. The Kier molecular flexibility index (Phi) is 22.7. The molecule has 0 spiro atoms. The molecule has 3 amide bonds. The lowest BCUT2D eigenvalue weighted by atomic mass is 9.85. The second-order valence-corrected chi connectivity index (χ2v) is 21.8. The van der Waals surface area contributed by atoms with Crippen LogP contribution in [0, 0.1) is 16.0 Å². The number of carbonyl (C=O) groups excluding carboxylic acids is 9. The number of anilines is 1. The molecule has 4 aromatic rings. The minimum atomic E-state index is -1.46. The fraction of sp³-hybridized carbons (Fsp3) is 0.528. The molecule has 1 saturated heterocycles. The third kappa shape index (κ3) is 17.2. The summed E-state index contributed by atoms with van der Waals surface area (Å²) in [6, 6.07) is 7.88. The Hall–Kier alpha value is -8.23. The SMILES string of the molecule is COC(=O)[C@H](C)NC(=O)[C@H](CSc1nnc(SCCO[C@@H]2O[C@H](COC(C)=O)[C@@H](OC(C)=O)[C@H](OC(C)=O)[C@H]2OC(C)=O)c2c1C1CC2C[C@H]1COC(=O)CCNc1ccc([N+](=O)[O-])c2nonc12)NC(=O)[C@H](C)NC(=O)OCc1ccccc1. The fourth-order valence-corrected chi connectivity index (χ4v) is 11.8. The monoisotopic (exact) mass is 1230 g/mol. The lowest BCUT2D eigenvalue weighted by Crippen LogP contribution is -2.63. The van der Waals surface area contributed by atoms with E-state index in [0.29, 0.717) is 34.1 Å². The molecule has 3 heterocycles. The molecule has 2 aromatic heterocycles. The maximum absolute atomic E-state index is 13.9. The zero-order valence-corrected chi connectivity index (χ0v) is 48.7. The number of ether oxygens (including phenoxy) is 9. The number of amides is 3. The smallest absolute Gasteiger partial charge is 0.408 e. The van der Waals surface area contributed by atoms with Gasteiger partial charge in [0.2, 0.25) is 17.3 Å². The number of carbonyl (C=O) groups is 9. The van der Waals surface area contributed by atoms with Gasteiger partial charge in [-0.2, -0.15) is 0 Å². The van der Waals surface area contributed by atoms with E-state index in [9.17, 15) is 53.3 Å². The molecule has 1 aliphatic heterocycles. The van der Waals surface area contributed by atoms with Gasteiger partial charge in [-0.1, -0.05) is 30.3 Å². The summed E-state index contributed by atoms with van der Waals surface area (Å²) in [6.07, 6.45) is -6.80. The van der Waals surface area contributed by atoms with Crippen molar-refractivity contribution in [2.24, 2.45) is 5.92 Å². The van der Waals surface area contributed by atoms with Gasteiger partial charge in [0.1, 0.15) is 47.5 Å². The highest BCUT2D eigenvalue weighted by atomic mass is 32.2. The van der Waals surface area contributed by atoms with Crippen LogP contribution in [-0.4, -0.2) is 173 Å². The van der Waals surface area contributed by atoms with E-state index in [-0.39, 0.29) is 78.8 Å². The minimum absolute atomic E-state index is 0.0122. The van der Waals surface area contributed by atoms with Crippen molar-refractivity contribution in [3.05, 3.63) is 69.3 Å². The van der Waals surface area contributed by atoms with Crippen LogP contribution in [0.4, 0.5) is 16.2 Å². The van der Waals surface area contributed by atoms with Crippen LogP contribution in [0.5, 0.6) is 0 Å². The maximum Gasteiger partial charge on any atom is 0.408 e. The van der Waals surface area contributed by atoms with Gasteiger partial charge >= 0.3 is 47.6 Å². The number of esters is 6. The first-order chi connectivity index (χ1) is 40.6. The average Bonchev–Trinajstić information content (AvgIpc) is 2.10. The summed E-state index contributed by atoms with van der Waals surface area (Å²) in [5, 5.41) is 39.7. The lowest BCUT2D eigenvalue weighted by molar-refractivity contribution is -0.383. The number of aromatic nitrogens is 4. The zero-order chi connectivity index (χ0) is 61.5. The lowest BCUT2D eigenvalue weighted by Gasteiger charge is -2.44. The van der Waals surface area contributed by atoms with Crippen molar-refractivity contribution in [2.75, 3.05) is 50.3 Å². The first-order valence-electron chi connectivity index (χ1n) is 26.6. The Balaban J connectivity index is 1.09. The quantitative estimate of drug-likeness (QED) is 0.0158. The first kappa shape index (κ1) is 64.3. The maximum atomic E-state index is 13.9. The number of hydrogen-bond donors (Lipinski definition) is 4. The Morgan fingerprint density at radius 1 is 0.741 bits per heavy atom. The second kappa shape index (κ2) is 30.0. The number of nitro benzene ring substituents is 1. The van der Waals surface area contributed by atoms with E-state index in [1.807, 2.05) is 0 Å². The van der Waals surface area contributed by atoms with Crippen molar-refractivity contribution in [3.8, 4) is 0 Å². The highest BCUT2D eigenvalue weighted by Gasteiger charge is 2.53. The topological polar surface area (TPSA) is 393 Å². The van der Waals surface area contributed by atoms with Crippen LogP contribution in [0.3, 0.4) is 0 Å². The van der Waals surface area contributed by atoms with E-state index in [0.717, 1.165) is 57.7 Å². The number of nitrogens with one attached hydrogen (secondary N) is 4. The van der Waals surface area contributed by atoms with Gasteiger partial charge in [0, 0.05) is 57.7 Å². The third-order valence-electron chi connectivity index (χ3n) is 13.6. The number of benzene rings is 2. The van der Waals surface area contributed by atoms with Crippen molar-refractivity contribution in [1.29, 1.82) is 0 Å². The van der Waals surface area contributed by atoms with Gasteiger partial charge in [0.15, 0.2) is 30.1 Å². The molecular weight excluding hydrogens is 1160 g/mol. The van der Waals surface area contributed by atoms with Crippen LogP contribution in [0.1, 0.15) is 89.3 Å². The number of hydrogen-bond acceptors (Lipinski definition) is 28. The molecule has 1 saturated carbocycles. The predicted octanol–water partition coefficient (Wildman–Crippen LogP) is 3.32. The molecule has 32 heteroatoms. The van der Waals surface area contributed by atoms with Gasteiger partial charge in [0.25, 0.3) is 0 Å². The van der Waals surface area contributed by atoms with Gasteiger partial charge in [-0.3, -0.25) is 43.7 Å². The molecule has 2 fully saturated rings. The molecule has 4 N–H and O–H groups in total. The number of alkyl carbamates (subject to hydrolysis) is 1. The largest absolute Gasteiger partial charge is 0.467 e. The van der Waals surface area contributed by atoms with Gasteiger partial charge in [-0.25, -0.2) is 14.2 Å². The van der Waals surface area contributed by atoms with Gasteiger partial charge in [-0.05, 0) is 71.6 Å². The molecule has 2 aliphatic carbocycles. The molecule has 30 nitrogen and oxygen atoms in total. The third-order valence-corrected chi connectivity index (χ3v) is 15.6. The summed E-state index contributed by atoms with van der Waals surface area (Å²) in [7, 11) is 1.15. The molecule has 458 valence electrons. The molecule has 2 unspecified atom stereocenters. The van der Waals surface area contributed by atoms with E-state index < -0.39 is 114 Å². The first-order valence-corrected chi connectivity index (χ1v) is 28.6. The van der Waals surface area contributed by atoms with E-state index in [1.165, 1.54) is 37.7 Å². The number of fused-ring (bicyclic) bond motifs is 6. The van der Waals surface area contributed by atoms with E-state index in [4.69, 9.17) is 47.3 Å². The highest BCUT2D eigenvalue weighted by molar-refractivity contribution is 7.99. The number of rotatable bonds is 28. The number of thioether (sulfide) groups is 2. The van der Waals surface area contributed by atoms with Crippen LogP contribution >= 0.6 is 23.5 Å². The number of methoxy groups -OCH3 is 1. The predicted molar refractivity (Wildman–Crippen MR) is 293 cm³/mol. The molecule has 0 radical (unpaired) electrons. The second-order valence-electron chi connectivity index (χ2n) is 19.7. The van der Waals surface area contributed by atoms with Crippen LogP contribution in [0.2, 0.25) is 0 Å². The van der Waals surface area contributed by atoms with Crippen molar-refractivity contribution in [3.63, 3.8) is 0 Å². The van der Waals surface area contributed by atoms with Crippen LogP contribution < -0.4 is 21.3 Å². The molecule has 7 rings (SSSR count). The van der Waals surface area contributed by atoms with Gasteiger partial charge < -0.3 is 63.9 Å². The Labute approximate surface area is 493 Å². The van der Waals surface area contributed by atoms with E-state index >= 15 is 0 Å². The molecule has 11 atom stereocenters. The summed E-state index contributed by atoms with van der Waals surface area (Å²) < 4.78 is 54.6. The zero-order valence-electron chi connectivity index (χ0n) is 47.1. The van der Waals surface area contributed by atoms with E-state index in [2.05, 4.69) is 41.8 Å². The summed E-state index contributed by atoms with van der Waals surface area (Å²) in [5.41, 5.74) is 2.41. The van der Waals surface area contributed by atoms with Crippen molar-refractivity contribution in [2.45, 2.75) is 138 Å². The highest BCUT2D eigenvalue weighted by Crippen LogP contribution is 2.59. The standard InChI is InChI=1S/C53H63N9O21S2/c1-25(56-53(71)78-21-31-11-9-8-10-12-31)47(68)57-36(48(69)55-26(2)51(70)74-7)24-85-50-41-34-20-32(19-33(34)22-77-39(67)15-16-54-35-13-14-37(62(72)73)43-42(35)60-83-61-43)40(41)49(58-59-50)84-18-17-75-52-46(81-30(6)66)45(80-29(5)65)44(79-28(4)64)38(82-52)23-76-27(3)63/h8-14,25-26,32-34,36,38,44-46,52,54H,15-24H2,1-7H3,(H,55,69)(H,56,71)(H,57,68)/t25-,26-,32?,33-,34?,36-,38+,44+,45-,46+,52+/m0/s1. The minimum Gasteiger partial charge on any atom is -0.467 e. The normalized spacial score (nSPS) is 21.2. The summed E-state index contributed by atoms with van der Waals surface area (Å²) >= 11 is 2.35.